The van der Waals surface area contributed by atoms with Gasteiger partial charge in [0.05, 0.1) is 12.2 Å². The van der Waals surface area contributed by atoms with E-state index >= 15 is 0 Å². The Bertz CT molecular complexity index is 207. The largest absolute Gasteiger partial charge is 0.328 e. The number of carbonyl (C=O) groups is 1. The second-order valence-electron chi connectivity index (χ2n) is 4.85. The number of rotatable bonds is 1. The molecule has 0 bridgehead atoms. The summed E-state index contributed by atoms with van der Waals surface area (Å²) in [7, 11) is 1.88. The summed E-state index contributed by atoms with van der Waals surface area (Å²) in [4.78, 5) is 13.5. The van der Waals surface area contributed by atoms with E-state index in [1.165, 1.54) is 0 Å². The van der Waals surface area contributed by atoms with Crippen molar-refractivity contribution in [2.45, 2.75) is 46.3 Å². The number of nitrogens with zero attached hydrogens (tertiary/aromatic N) is 1. The molecule has 0 aromatic rings. The van der Waals surface area contributed by atoms with Crippen LogP contribution < -0.4 is 5.32 Å². The van der Waals surface area contributed by atoms with Gasteiger partial charge in [0.15, 0.2) is 0 Å². The van der Waals surface area contributed by atoms with Crippen LogP contribution >= 0.6 is 0 Å². The van der Waals surface area contributed by atoms with Gasteiger partial charge < -0.3 is 4.90 Å². The fourth-order valence-corrected chi connectivity index (χ4v) is 1.87. The molecule has 0 aliphatic carbocycles. The first-order chi connectivity index (χ1) is 5.88. The van der Waals surface area contributed by atoms with Crippen molar-refractivity contribution in [3.63, 3.8) is 0 Å². The topological polar surface area (TPSA) is 32.3 Å². The third kappa shape index (κ3) is 1.85. The zero-order valence-corrected chi connectivity index (χ0v) is 9.22. The van der Waals surface area contributed by atoms with E-state index in [0.29, 0.717) is 0 Å². The van der Waals surface area contributed by atoms with Crippen LogP contribution in [-0.4, -0.2) is 30.1 Å². The van der Waals surface area contributed by atoms with Gasteiger partial charge in [-0.2, -0.15) is 0 Å². The SMILES string of the molecule is CCC1NC(C(C)(C)C)N(C)C1=O. The second kappa shape index (κ2) is 3.29. The fourth-order valence-electron chi connectivity index (χ4n) is 1.87. The molecule has 2 unspecified atom stereocenters. The summed E-state index contributed by atoms with van der Waals surface area (Å²) in [5.74, 6) is 0.224. The van der Waals surface area contributed by atoms with Crippen LogP contribution in [0.1, 0.15) is 34.1 Å². The average molecular weight is 184 g/mol. The Morgan fingerprint density at radius 3 is 2.23 bits per heavy atom. The third-order valence-electron chi connectivity index (χ3n) is 2.62. The quantitative estimate of drug-likeness (QED) is 0.664. The Morgan fingerprint density at radius 1 is 1.46 bits per heavy atom. The predicted octanol–water partition coefficient (Wildman–Crippen LogP) is 1.20. The van der Waals surface area contributed by atoms with Gasteiger partial charge in [0.25, 0.3) is 0 Å². The van der Waals surface area contributed by atoms with Crippen LogP contribution in [0.15, 0.2) is 0 Å². The minimum Gasteiger partial charge on any atom is -0.328 e. The molecule has 76 valence electrons. The molecule has 1 heterocycles. The molecule has 1 N–H and O–H groups in total. The van der Waals surface area contributed by atoms with Crippen LogP contribution in [0.25, 0.3) is 0 Å². The van der Waals surface area contributed by atoms with Gasteiger partial charge in [-0.05, 0) is 11.8 Å². The summed E-state index contributed by atoms with van der Waals surface area (Å²) in [6.45, 7) is 8.47. The van der Waals surface area contributed by atoms with E-state index in [4.69, 9.17) is 0 Å². The Labute approximate surface area is 80.5 Å². The highest BCUT2D eigenvalue weighted by molar-refractivity contribution is 5.84. The van der Waals surface area contributed by atoms with Crippen molar-refractivity contribution in [3.8, 4) is 0 Å². The zero-order chi connectivity index (χ0) is 10.2. The van der Waals surface area contributed by atoms with Crippen LogP contribution in [0.5, 0.6) is 0 Å². The molecule has 3 heteroatoms. The second-order valence-corrected chi connectivity index (χ2v) is 4.85. The molecule has 0 saturated carbocycles. The molecule has 3 nitrogen and oxygen atoms in total. The molecule has 0 radical (unpaired) electrons. The van der Waals surface area contributed by atoms with Crippen molar-refractivity contribution in [1.29, 1.82) is 0 Å². The molecule has 1 aliphatic rings. The molecule has 1 amide bonds. The Kier molecular flexibility index (Phi) is 2.66. The summed E-state index contributed by atoms with van der Waals surface area (Å²) in [5, 5.41) is 3.36. The molecule has 1 saturated heterocycles. The van der Waals surface area contributed by atoms with E-state index in [9.17, 15) is 4.79 Å². The predicted molar refractivity (Wildman–Crippen MR) is 53.2 cm³/mol. The van der Waals surface area contributed by atoms with Gasteiger partial charge in [-0.25, -0.2) is 0 Å². The molecule has 0 aromatic heterocycles. The molecule has 1 fully saturated rings. The van der Waals surface area contributed by atoms with Crippen molar-refractivity contribution in [3.05, 3.63) is 0 Å². The Balaban J connectivity index is 2.77. The van der Waals surface area contributed by atoms with E-state index < -0.39 is 0 Å². The van der Waals surface area contributed by atoms with Crippen molar-refractivity contribution in [2.75, 3.05) is 7.05 Å². The summed E-state index contributed by atoms with van der Waals surface area (Å²) < 4.78 is 0. The van der Waals surface area contributed by atoms with Crippen molar-refractivity contribution >= 4 is 5.91 Å². The van der Waals surface area contributed by atoms with Gasteiger partial charge >= 0.3 is 0 Å². The van der Waals surface area contributed by atoms with Crippen LogP contribution in [0.4, 0.5) is 0 Å². The van der Waals surface area contributed by atoms with Gasteiger partial charge in [-0.15, -0.1) is 0 Å². The monoisotopic (exact) mass is 184 g/mol. The maximum Gasteiger partial charge on any atom is 0.240 e. The summed E-state index contributed by atoms with van der Waals surface area (Å²) in [6.07, 6.45) is 1.04. The Hall–Kier alpha value is -0.570. The van der Waals surface area contributed by atoms with Gasteiger partial charge in [0, 0.05) is 7.05 Å². The molecule has 1 rings (SSSR count). The first kappa shape index (κ1) is 10.5. The lowest BCUT2D eigenvalue weighted by Crippen LogP contribution is -2.45. The lowest BCUT2D eigenvalue weighted by molar-refractivity contribution is -0.129. The van der Waals surface area contributed by atoms with Crippen molar-refractivity contribution in [1.82, 2.24) is 10.2 Å². The summed E-state index contributed by atoms with van der Waals surface area (Å²) >= 11 is 0. The van der Waals surface area contributed by atoms with Crippen LogP contribution in [0.3, 0.4) is 0 Å². The lowest BCUT2D eigenvalue weighted by Gasteiger charge is -2.32. The first-order valence-electron chi connectivity index (χ1n) is 4.90. The number of hydrogen-bond donors (Lipinski definition) is 1. The minimum absolute atomic E-state index is 0.0224. The van der Waals surface area contributed by atoms with Crippen molar-refractivity contribution in [2.24, 2.45) is 5.41 Å². The van der Waals surface area contributed by atoms with Crippen molar-refractivity contribution < 1.29 is 4.79 Å². The number of amides is 1. The molecular weight excluding hydrogens is 164 g/mol. The molecular formula is C10H20N2O. The summed E-state index contributed by atoms with van der Waals surface area (Å²) in [5.41, 5.74) is 0.105. The van der Waals surface area contributed by atoms with Gasteiger partial charge in [0.2, 0.25) is 5.91 Å². The lowest BCUT2D eigenvalue weighted by atomic mass is 9.92. The van der Waals surface area contributed by atoms with Gasteiger partial charge in [-0.1, -0.05) is 27.7 Å². The Morgan fingerprint density at radius 2 is 2.00 bits per heavy atom. The fraction of sp³-hybridized carbons (Fsp3) is 0.900. The molecule has 13 heavy (non-hydrogen) atoms. The molecule has 0 aromatic carbocycles. The highest BCUT2D eigenvalue weighted by atomic mass is 16.2. The van der Waals surface area contributed by atoms with E-state index in [1.54, 1.807) is 0 Å². The van der Waals surface area contributed by atoms with Crippen LogP contribution in [0.2, 0.25) is 0 Å². The molecule has 2 atom stereocenters. The maximum atomic E-state index is 11.7. The first-order valence-corrected chi connectivity index (χ1v) is 4.90. The van der Waals surface area contributed by atoms with E-state index in [-0.39, 0.29) is 23.5 Å². The highest BCUT2D eigenvalue weighted by Crippen LogP contribution is 2.26. The number of likely N-dealkylation sites (N-methyl/N-ethyl adjacent to an activating group) is 1. The van der Waals surface area contributed by atoms with Gasteiger partial charge in [0.1, 0.15) is 0 Å². The summed E-state index contributed by atoms with van der Waals surface area (Å²) in [6, 6.07) is 0.0224. The number of hydrogen-bond acceptors (Lipinski definition) is 2. The normalized spacial score (nSPS) is 29.9. The van der Waals surface area contributed by atoms with E-state index in [1.807, 2.05) is 18.9 Å². The van der Waals surface area contributed by atoms with Gasteiger partial charge in [-0.3, -0.25) is 10.1 Å². The van der Waals surface area contributed by atoms with Crippen LogP contribution in [-0.2, 0) is 4.79 Å². The minimum atomic E-state index is 0.0224. The maximum absolute atomic E-state index is 11.7. The van der Waals surface area contributed by atoms with E-state index in [2.05, 4.69) is 26.1 Å². The van der Waals surface area contributed by atoms with Crippen LogP contribution in [0, 0.1) is 5.41 Å². The molecule has 1 aliphatic heterocycles. The standard InChI is InChI=1S/C10H20N2O/c1-6-7-8(13)12(5)9(11-7)10(2,3)4/h7,9,11H,6H2,1-5H3. The number of nitrogens with one attached hydrogen (secondary N) is 1. The smallest absolute Gasteiger partial charge is 0.240 e. The third-order valence-corrected chi connectivity index (χ3v) is 2.62. The molecule has 0 spiro atoms. The zero-order valence-electron chi connectivity index (χ0n) is 9.22. The highest BCUT2D eigenvalue weighted by Gasteiger charge is 2.41. The van der Waals surface area contributed by atoms with E-state index in [0.717, 1.165) is 6.42 Å². The average Bonchev–Trinajstić information content (AvgIpc) is 2.28. The number of carbonyl (C=O) groups excluding carboxylic acids is 1.